The lowest BCUT2D eigenvalue weighted by Gasteiger charge is -2.12. The van der Waals surface area contributed by atoms with Crippen LogP contribution in [0.2, 0.25) is 0 Å². The molecule has 2 aromatic heterocycles. The summed E-state index contributed by atoms with van der Waals surface area (Å²) in [6.45, 7) is 5.84. The minimum Gasteiger partial charge on any atom is -0.339 e. The first-order valence-corrected chi connectivity index (χ1v) is 8.96. The number of benzene rings is 1. The van der Waals surface area contributed by atoms with Gasteiger partial charge in [-0.1, -0.05) is 54.6 Å². The first kappa shape index (κ1) is 18.2. The van der Waals surface area contributed by atoms with Crippen LogP contribution in [0.1, 0.15) is 11.3 Å². The van der Waals surface area contributed by atoms with Gasteiger partial charge >= 0.3 is 0 Å². The van der Waals surface area contributed by atoms with Crippen LogP contribution in [0.25, 0.3) is 11.2 Å². The van der Waals surface area contributed by atoms with E-state index in [4.69, 9.17) is 28.2 Å². The number of aromatic nitrogens is 3. The fraction of sp³-hybridized carbons (Fsp3) is 0.100. The first-order valence-electron chi connectivity index (χ1n) is 8.05. The maximum Gasteiger partial charge on any atom is 0.157 e. The molecule has 0 fully saturated rings. The molecule has 0 bridgehead atoms. The minimum atomic E-state index is 0.308. The molecule has 1 N–H and O–H groups in total. The molecule has 2 heterocycles. The van der Waals surface area contributed by atoms with Crippen LogP contribution in [-0.4, -0.2) is 20.2 Å². The van der Waals surface area contributed by atoms with Gasteiger partial charge in [0.25, 0.3) is 0 Å². The predicted molar refractivity (Wildman–Crippen MR) is 110 cm³/mol. The summed E-state index contributed by atoms with van der Waals surface area (Å²) in [7, 11) is 0. The van der Waals surface area contributed by atoms with Crippen LogP contribution in [-0.2, 0) is 0 Å². The number of imidazole rings is 1. The Bertz CT molecular complexity index is 1000. The number of fused-ring (bicyclic) bond motifs is 1. The summed E-state index contributed by atoms with van der Waals surface area (Å²) >= 11 is 12.3. The number of hydrogen-bond acceptors (Lipinski definition) is 3. The van der Waals surface area contributed by atoms with Crippen molar-refractivity contribution in [3.63, 3.8) is 0 Å². The van der Waals surface area contributed by atoms with E-state index in [-0.39, 0.29) is 0 Å². The number of aryl methyl sites for hydroxylation is 1. The van der Waals surface area contributed by atoms with Gasteiger partial charge in [-0.25, -0.2) is 4.98 Å². The van der Waals surface area contributed by atoms with Gasteiger partial charge in [0.05, 0.1) is 6.20 Å². The number of halogens is 2. The van der Waals surface area contributed by atoms with Gasteiger partial charge in [0.2, 0.25) is 0 Å². The Balaban J connectivity index is 2.22. The number of para-hydroxylation sites is 1. The molecule has 0 unspecified atom stereocenters. The number of hydrogen-bond donors (Lipinski definition) is 1. The van der Waals surface area contributed by atoms with E-state index in [1.165, 1.54) is 0 Å². The normalized spacial score (nSPS) is 12.4. The fourth-order valence-electron chi connectivity index (χ4n) is 2.62. The third-order valence-corrected chi connectivity index (χ3v) is 4.39. The Hall–Kier alpha value is -2.56. The maximum atomic E-state index is 6.46. The van der Waals surface area contributed by atoms with E-state index >= 15 is 0 Å². The standard InChI is InChI=1S/C20H18Cl2N4/c1-3-6-15(16(22)9-10-21)19-20(24-17-8-5-4-7-14(17)2)26-12-11-23-13-18(26)25-19/h3-9,11-13,24H,1,10H2,2H3/b15-6+,16-9+. The molecule has 0 aliphatic carbocycles. The van der Waals surface area contributed by atoms with Gasteiger partial charge in [-0.2, -0.15) is 0 Å². The first-order chi connectivity index (χ1) is 12.7. The number of nitrogens with zero attached hydrogens (tertiary/aromatic N) is 3. The molecule has 6 heteroatoms. The molecule has 0 atom stereocenters. The van der Waals surface area contributed by atoms with Crippen molar-refractivity contribution in [3.05, 3.63) is 84.0 Å². The molecular formula is C20H18Cl2N4. The quantitative estimate of drug-likeness (QED) is 0.436. The number of rotatable bonds is 6. The van der Waals surface area contributed by atoms with Crippen molar-refractivity contribution >= 4 is 45.9 Å². The molecule has 4 nitrogen and oxygen atoms in total. The fourth-order valence-corrected chi connectivity index (χ4v) is 3.08. The smallest absolute Gasteiger partial charge is 0.157 e. The Morgan fingerprint density at radius 1 is 1.35 bits per heavy atom. The molecule has 26 heavy (non-hydrogen) atoms. The van der Waals surface area contributed by atoms with Gasteiger partial charge in [-0.05, 0) is 18.6 Å². The topological polar surface area (TPSA) is 42.2 Å². The van der Waals surface area contributed by atoms with Crippen LogP contribution in [0.4, 0.5) is 11.5 Å². The lowest BCUT2D eigenvalue weighted by molar-refractivity contribution is 1.13. The molecule has 0 spiro atoms. The van der Waals surface area contributed by atoms with Crippen LogP contribution < -0.4 is 5.32 Å². The molecule has 0 radical (unpaired) electrons. The van der Waals surface area contributed by atoms with Crippen LogP contribution in [0.15, 0.2) is 72.7 Å². The molecular weight excluding hydrogens is 367 g/mol. The molecule has 0 saturated heterocycles. The molecule has 3 rings (SSSR count). The second-order valence-corrected chi connectivity index (χ2v) is 6.29. The zero-order valence-corrected chi connectivity index (χ0v) is 15.8. The van der Waals surface area contributed by atoms with E-state index < -0.39 is 0 Å². The second-order valence-electron chi connectivity index (χ2n) is 5.58. The van der Waals surface area contributed by atoms with Crippen molar-refractivity contribution in [3.8, 4) is 0 Å². The van der Waals surface area contributed by atoms with E-state index in [1.807, 2.05) is 47.9 Å². The van der Waals surface area contributed by atoms with Crippen LogP contribution >= 0.6 is 23.2 Å². The zero-order chi connectivity index (χ0) is 18.5. The molecule has 0 amide bonds. The van der Waals surface area contributed by atoms with Crippen molar-refractivity contribution in [2.45, 2.75) is 6.92 Å². The average molecular weight is 385 g/mol. The SMILES string of the molecule is C=C/C=C(\C(Cl)=C/CCl)c1nc2cnccn2c1Nc1ccccc1C. The number of alkyl halides is 1. The second kappa shape index (κ2) is 8.21. The molecule has 132 valence electrons. The maximum absolute atomic E-state index is 6.46. The highest BCUT2D eigenvalue weighted by atomic mass is 35.5. The Morgan fingerprint density at radius 2 is 2.15 bits per heavy atom. The summed E-state index contributed by atoms with van der Waals surface area (Å²) in [6, 6.07) is 8.06. The zero-order valence-electron chi connectivity index (χ0n) is 14.3. The van der Waals surface area contributed by atoms with Crippen molar-refractivity contribution in [2.75, 3.05) is 11.2 Å². The van der Waals surface area contributed by atoms with Gasteiger partial charge < -0.3 is 5.32 Å². The minimum absolute atomic E-state index is 0.308. The summed E-state index contributed by atoms with van der Waals surface area (Å²) in [5, 5.41) is 4.00. The summed E-state index contributed by atoms with van der Waals surface area (Å²) in [6.07, 6.45) is 10.5. The molecule has 0 aliphatic rings. The molecule has 1 aromatic carbocycles. The van der Waals surface area contributed by atoms with Gasteiger partial charge in [-0.3, -0.25) is 9.38 Å². The van der Waals surface area contributed by atoms with E-state index in [0.717, 1.165) is 22.6 Å². The largest absolute Gasteiger partial charge is 0.339 e. The highest BCUT2D eigenvalue weighted by Gasteiger charge is 2.18. The third kappa shape index (κ3) is 3.66. The number of nitrogens with one attached hydrogen (secondary N) is 1. The highest BCUT2D eigenvalue weighted by Crippen LogP contribution is 2.34. The average Bonchev–Trinajstić information content (AvgIpc) is 3.00. The van der Waals surface area contributed by atoms with E-state index in [1.54, 1.807) is 24.5 Å². The molecule has 3 aromatic rings. The van der Waals surface area contributed by atoms with E-state index in [2.05, 4.69) is 16.9 Å². The van der Waals surface area contributed by atoms with Gasteiger partial charge in [0, 0.05) is 34.6 Å². The molecule has 0 aliphatic heterocycles. The Labute approximate surface area is 162 Å². The van der Waals surface area contributed by atoms with Gasteiger partial charge in [0.15, 0.2) is 5.65 Å². The van der Waals surface area contributed by atoms with E-state index in [9.17, 15) is 0 Å². The summed E-state index contributed by atoms with van der Waals surface area (Å²) in [5.74, 6) is 1.11. The number of anilines is 2. The van der Waals surface area contributed by atoms with Crippen molar-refractivity contribution < 1.29 is 0 Å². The monoisotopic (exact) mass is 384 g/mol. The van der Waals surface area contributed by atoms with Crippen molar-refractivity contribution in [2.24, 2.45) is 0 Å². The van der Waals surface area contributed by atoms with Crippen molar-refractivity contribution in [1.82, 2.24) is 14.4 Å². The summed E-state index contributed by atoms with van der Waals surface area (Å²) < 4.78 is 1.94. The summed E-state index contributed by atoms with van der Waals surface area (Å²) in [5.41, 5.74) is 4.26. The lowest BCUT2D eigenvalue weighted by Crippen LogP contribution is -2.00. The van der Waals surface area contributed by atoms with Crippen LogP contribution in [0.5, 0.6) is 0 Å². The van der Waals surface area contributed by atoms with Crippen LogP contribution in [0, 0.1) is 6.92 Å². The Morgan fingerprint density at radius 3 is 2.88 bits per heavy atom. The van der Waals surface area contributed by atoms with Crippen molar-refractivity contribution in [1.29, 1.82) is 0 Å². The van der Waals surface area contributed by atoms with Gasteiger partial charge in [0.1, 0.15) is 11.5 Å². The van der Waals surface area contributed by atoms with Crippen LogP contribution in [0.3, 0.4) is 0 Å². The predicted octanol–water partition coefficient (Wildman–Crippen LogP) is 5.71. The van der Waals surface area contributed by atoms with E-state index in [0.29, 0.717) is 22.3 Å². The van der Waals surface area contributed by atoms with Gasteiger partial charge in [-0.15, -0.1) is 11.6 Å². The summed E-state index contributed by atoms with van der Waals surface area (Å²) in [4.78, 5) is 8.87. The lowest BCUT2D eigenvalue weighted by atomic mass is 10.1. The third-order valence-electron chi connectivity index (χ3n) is 3.88. The highest BCUT2D eigenvalue weighted by molar-refractivity contribution is 6.37. The Kier molecular flexibility index (Phi) is 5.76. The number of allylic oxidation sites excluding steroid dienone is 5. The molecule has 0 saturated carbocycles.